The number of rotatable bonds is 5. The maximum absolute atomic E-state index is 8.94. The molecule has 20 heavy (non-hydrogen) atoms. The molecule has 1 aliphatic heterocycles. The molecular formula is C15H23N3OS. The van der Waals surface area contributed by atoms with Crippen molar-refractivity contribution in [2.45, 2.75) is 24.0 Å². The van der Waals surface area contributed by atoms with Crippen LogP contribution in [0.4, 0.5) is 0 Å². The van der Waals surface area contributed by atoms with Crippen LogP contribution in [0.5, 0.6) is 0 Å². The van der Waals surface area contributed by atoms with E-state index in [1.165, 1.54) is 5.56 Å². The number of thioether (sulfide) groups is 1. The van der Waals surface area contributed by atoms with Gasteiger partial charge in [-0.2, -0.15) is 11.8 Å². The van der Waals surface area contributed by atoms with Gasteiger partial charge >= 0.3 is 0 Å². The fourth-order valence-electron chi connectivity index (χ4n) is 2.73. The summed E-state index contributed by atoms with van der Waals surface area (Å²) in [6, 6.07) is 10.6. The van der Waals surface area contributed by atoms with Crippen molar-refractivity contribution in [3.05, 3.63) is 35.9 Å². The number of benzene rings is 1. The molecule has 1 saturated heterocycles. The van der Waals surface area contributed by atoms with Crippen molar-refractivity contribution in [3.63, 3.8) is 0 Å². The van der Waals surface area contributed by atoms with Gasteiger partial charge in [0.25, 0.3) is 0 Å². The van der Waals surface area contributed by atoms with Crippen LogP contribution in [0.2, 0.25) is 0 Å². The molecule has 1 aromatic rings. The summed E-state index contributed by atoms with van der Waals surface area (Å²) < 4.78 is -0.183. The number of nitrogens with zero attached hydrogens (tertiary/aromatic N) is 2. The van der Waals surface area contributed by atoms with E-state index in [2.05, 4.69) is 34.3 Å². The standard InChI is InChI=1S/C15H23N3OS/c1-20-15(14(16)17-19)8-11-18(12-9-15)10-7-13-5-3-2-4-6-13/h2-6,19H,7-12H2,1H3,(H2,16,17). The summed E-state index contributed by atoms with van der Waals surface area (Å²) in [6.45, 7) is 3.08. The molecule has 1 aliphatic rings. The zero-order valence-corrected chi connectivity index (χ0v) is 12.8. The minimum atomic E-state index is -0.183. The highest BCUT2D eigenvalue weighted by Gasteiger charge is 2.37. The number of likely N-dealkylation sites (tertiary alicyclic amines) is 1. The van der Waals surface area contributed by atoms with Gasteiger partial charge in [-0.15, -0.1) is 0 Å². The second-order valence-electron chi connectivity index (χ2n) is 5.26. The van der Waals surface area contributed by atoms with Crippen LogP contribution in [-0.4, -0.2) is 46.6 Å². The Morgan fingerprint density at radius 2 is 2.00 bits per heavy atom. The van der Waals surface area contributed by atoms with Crippen LogP contribution < -0.4 is 5.73 Å². The fraction of sp³-hybridized carbons (Fsp3) is 0.533. The maximum Gasteiger partial charge on any atom is 0.155 e. The van der Waals surface area contributed by atoms with Crippen molar-refractivity contribution in [2.75, 3.05) is 25.9 Å². The molecule has 0 atom stereocenters. The molecule has 5 heteroatoms. The quantitative estimate of drug-likeness (QED) is 0.378. The SMILES string of the molecule is CSC1(C(N)=NO)CCN(CCc2ccccc2)CC1. The zero-order chi connectivity index (χ0) is 14.4. The molecule has 0 aliphatic carbocycles. The van der Waals surface area contributed by atoms with Crippen molar-refractivity contribution in [1.82, 2.24) is 4.90 Å². The lowest BCUT2D eigenvalue weighted by Crippen LogP contribution is -2.50. The molecule has 0 amide bonds. The molecule has 0 saturated carbocycles. The van der Waals surface area contributed by atoms with Crippen LogP contribution >= 0.6 is 11.8 Å². The zero-order valence-electron chi connectivity index (χ0n) is 12.0. The second kappa shape index (κ2) is 6.99. The van der Waals surface area contributed by atoms with Gasteiger partial charge in [0, 0.05) is 6.54 Å². The molecule has 0 spiro atoms. The van der Waals surface area contributed by atoms with Crippen molar-refractivity contribution in [1.29, 1.82) is 0 Å². The van der Waals surface area contributed by atoms with E-state index in [0.29, 0.717) is 5.84 Å². The lowest BCUT2D eigenvalue weighted by atomic mass is 9.94. The Morgan fingerprint density at radius 1 is 1.35 bits per heavy atom. The number of nitrogens with two attached hydrogens (primary N) is 1. The Hall–Kier alpha value is -1.20. The second-order valence-corrected chi connectivity index (χ2v) is 6.45. The molecule has 1 aromatic carbocycles. The topological polar surface area (TPSA) is 61.9 Å². The Kier molecular flexibility index (Phi) is 5.31. The largest absolute Gasteiger partial charge is 0.409 e. The normalized spacial score (nSPS) is 19.9. The number of piperidine rings is 1. The molecular weight excluding hydrogens is 270 g/mol. The first-order valence-corrected chi connectivity index (χ1v) is 8.22. The average Bonchev–Trinajstić information content (AvgIpc) is 2.53. The number of hydrogen-bond donors (Lipinski definition) is 2. The van der Waals surface area contributed by atoms with E-state index in [9.17, 15) is 0 Å². The van der Waals surface area contributed by atoms with Gasteiger partial charge in [0.1, 0.15) is 0 Å². The van der Waals surface area contributed by atoms with Gasteiger partial charge in [0.2, 0.25) is 0 Å². The van der Waals surface area contributed by atoms with E-state index < -0.39 is 0 Å². The predicted octanol–water partition coefficient (Wildman–Crippen LogP) is 2.17. The van der Waals surface area contributed by atoms with Gasteiger partial charge in [0.15, 0.2) is 5.84 Å². The predicted molar refractivity (Wildman–Crippen MR) is 85.5 cm³/mol. The molecule has 0 unspecified atom stereocenters. The van der Waals surface area contributed by atoms with E-state index in [1.807, 2.05) is 12.3 Å². The Labute approximate surface area is 125 Å². The Balaban J connectivity index is 1.85. The van der Waals surface area contributed by atoms with E-state index >= 15 is 0 Å². The highest BCUT2D eigenvalue weighted by Crippen LogP contribution is 2.34. The molecule has 1 fully saturated rings. The van der Waals surface area contributed by atoms with Crippen molar-refractivity contribution in [3.8, 4) is 0 Å². The van der Waals surface area contributed by atoms with Crippen LogP contribution in [0.3, 0.4) is 0 Å². The third-order valence-electron chi connectivity index (χ3n) is 4.19. The summed E-state index contributed by atoms with van der Waals surface area (Å²) in [6.07, 6.45) is 5.01. The number of hydrogen-bond acceptors (Lipinski definition) is 4. The molecule has 1 heterocycles. The van der Waals surface area contributed by atoms with Gasteiger partial charge in [-0.1, -0.05) is 35.5 Å². The number of oxime groups is 1. The van der Waals surface area contributed by atoms with Crippen LogP contribution in [0.25, 0.3) is 0 Å². The molecule has 0 bridgehead atoms. The molecule has 2 rings (SSSR count). The maximum atomic E-state index is 8.94. The summed E-state index contributed by atoms with van der Waals surface area (Å²) in [7, 11) is 0. The van der Waals surface area contributed by atoms with Crippen LogP contribution in [0.15, 0.2) is 35.5 Å². The minimum absolute atomic E-state index is 0.183. The Morgan fingerprint density at radius 3 is 2.55 bits per heavy atom. The molecule has 4 nitrogen and oxygen atoms in total. The highest BCUT2D eigenvalue weighted by atomic mass is 32.2. The average molecular weight is 293 g/mol. The van der Waals surface area contributed by atoms with Gasteiger partial charge in [0.05, 0.1) is 4.75 Å². The minimum Gasteiger partial charge on any atom is -0.409 e. The van der Waals surface area contributed by atoms with E-state index in [4.69, 9.17) is 10.9 Å². The first-order valence-electron chi connectivity index (χ1n) is 6.99. The van der Waals surface area contributed by atoms with E-state index in [0.717, 1.165) is 38.9 Å². The van der Waals surface area contributed by atoms with E-state index in [1.54, 1.807) is 11.8 Å². The lowest BCUT2D eigenvalue weighted by molar-refractivity contribution is 0.219. The summed E-state index contributed by atoms with van der Waals surface area (Å²) in [4.78, 5) is 2.46. The highest BCUT2D eigenvalue weighted by molar-refractivity contribution is 8.00. The van der Waals surface area contributed by atoms with Crippen LogP contribution in [0.1, 0.15) is 18.4 Å². The van der Waals surface area contributed by atoms with Crippen molar-refractivity contribution in [2.24, 2.45) is 10.9 Å². The van der Waals surface area contributed by atoms with Crippen LogP contribution in [-0.2, 0) is 6.42 Å². The Bertz CT molecular complexity index is 442. The summed E-state index contributed by atoms with van der Waals surface area (Å²) >= 11 is 1.70. The van der Waals surface area contributed by atoms with Crippen molar-refractivity contribution < 1.29 is 5.21 Å². The fourth-order valence-corrected chi connectivity index (χ4v) is 3.57. The first kappa shape index (κ1) is 15.2. The number of amidine groups is 1. The summed E-state index contributed by atoms with van der Waals surface area (Å²) in [5.41, 5.74) is 7.24. The third-order valence-corrected chi connectivity index (χ3v) is 5.59. The lowest BCUT2D eigenvalue weighted by Gasteiger charge is -2.39. The van der Waals surface area contributed by atoms with Crippen LogP contribution in [0, 0.1) is 0 Å². The summed E-state index contributed by atoms with van der Waals surface area (Å²) in [5, 5.41) is 12.2. The molecule has 3 N–H and O–H groups in total. The van der Waals surface area contributed by atoms with Gasteiger partial charge in [-0.25, -0.2) is 0 Å². The van der Waals surface area contributed by atoms with E-state index in [-0.39, 0.29) is 4.75 Å². The monoisotopic (exact) mass is 293 g/mol. The molecule has 0 aromatic heterocycles. The molecule has 110 valence electrons. The smallest absolute Gasteiger partial charge is 0.155 e. The molecule has 0 radical (unpaired) electrons. The first-order chi connectivity index (χ1) is 9.70. The van der Waals surface area contributed by atoms with Gasteiger partial charge in [-0.3, -0.25) is 0 Å². The third kappa shape index (κ3) is 3.46. The van der Waals surface area contributed by atoms with Crippen molar-refractivity contribution >= 4 is 17.6 Å². The van der Waals surface area contributed by atoms with Gasteiger partial charge in [-0.05, 0) is 44.2 Å². The summed E-state index contributed by atoms with van der Waals surface area (Å²) in [5.74, 6) is 0.368. The van der Waals surface area contributed by atoms with Gasteiger partial charge < -0.3 is 15.8 Å².